The molecule has 0 unspecified atom stereocenters. The minimum atomic E-state index is -1.91. The van der Waals surface area contributed by atoms with E-state index in [1.165, 1.54) is 12.1 Å². The van der Waals surface area contributed by atoms with Crippen LogP contribution in [-0.2, 0) is 4.79 Å². The Morgan fingerprint density at radius 2 is 1.91 bits per heavy atom. The summed E-state index contributed by atoms with van der Waals surface area (Å²) in [5.41, 5.74) is 5.41. The van der Waals surface area contributed by atoms with Gasteiger partial charge in [0, 0.05) is 6.42 Å². The van der Waals surface area contributed by atoms with Crippen molar-refractivity contribution < 1.29 is 14.3 Å². The Morgan fingerprint density at radius 1 is 1.26 bits per heavy atom. The second-order valence-electron chi connectivity index (χ2n) is 4.92. The van der Waals surface area contributed by atoms with E-state index < -0.39 is 15.9 Å². The lowest BCUT2D eigenvalue weighted by Gasteiger charge is -2.27. The number of halogens is 3. The molecule has 23 heavy (non-hydrogen) atoms. The van der Waals surface area contributed by atoms with Gasteiger partial charge < -0.3 is 15.8 Å². The van der Waals surface area contributed by atoms with Crippen LogP contribution in [-0.4, -0.2) is 21.8 Å². The third-order valence-electron chi connectivity index (χ3n) is 2.99. The molecule has 1 rings (SSSR count). The first-order valence-electron chi connectivity index (χ1n) is 7.17. The Morgan fingerprint density at radius 3 is 2.48 bits per heavy atom. The molecule has 8 heteroatoms. The quantitative estimate of drug-likeness (QED) is 0.410. The van der Waals surface area contributed by atoms with Crippen LogP contribution in [0.3, 0.4) is 0 Å². The number of hydrogen-bond donors (Lipinski definition) is 2. The van der Waals surface area contributed by atoms with Crippen molar-refractivity contribution in [2.75, 3.05) is 0 Å². The number of para-hydroxylation sites is 1. The Bertz CT molecular complexity index is 547. The van der Waals surface area contributed by atoms with Crippen LogP contribution in [0.5, 0.6) is 5.75 Å². The Labute approximate surface area is 150 Å². The van der Waals surface area contributed by atoms with Gasteiger partial charge in [-0.15, -0.1) is 0 Å². The molecule has 0 saturated heterocycles. The molecule has 0 spiro atoms. The third-order valence-corrected chi connectivity index (χ3v) is 3.59. The van der Waals surface area contributed by atoms with Gasteiger partial charge in [-0.05, 0) is 18.6 Å². The molecule has 128 valence electrons. The average molecular weight is 382 g/mol. The molecule has 0 radical (unpaired) electrons. The topological polar surface area (TPSA) is 81.4 Å². The van der Waals surface area contributed by atoms with Crippen LogP contribution in [0.1, 0.15) is 43.0 Å². The van der Waals surface area contributed by atoms with Gasteiger partial charge in [-0.2, -0.15) is 0 Å². The molecule has 0 bridgehead atoms. The van der Waals surface area contributed by atoms with Gasteiger partial charge in [0.15, 0.2) is 0 Å². The van der Waals surface area contributed by atoms with Crippen molar-refractivity contribution in [3.05, 3.63) is 29.8 Å². The van der Waals surface area contributed by atoms with Crippen molar-refractivity contribution in [2.45, 2.75) is 42.6 Å². The summed E-state index contributed by atoms with van der Waals surface area (Å²) in [4.78, 5) is 23.3. The Hall–Kier alpha value is -1.17. The van der Waals surface area contributed by atoms with Crippen molar-refractivity contribution in [3.63, 3.8) is 0 Å². The van der Waals surface area contributed by atoms with Crippen LogP contribution < -0.4 is 15.8 Å². The number of primary amides is 1. The largest absolute Gasteiger partial charge is 0.465 e. The first-order chi connectivity index (χ1) is 10.8. The van der Waals surface area contributed by atoms with Crippen LogP contribution in [0.25, 0.3) is 0 Å². The van der Waals surface area contributed by atoms with Gasteiger partial charge in [-0.3, -0.25) is 9.59 Å². The fourth-order valence-corrected chi connectivity index (χ4v) is 2.13. The number of ether oxygens (including phenoxy) is 1. The molecule has 0 fully saturated rings. The first kappa shape index (κ1) is 19.9. The predicted molar refractivity (Wildman–Crippen MR) is 92.0 cm³/mol. The summed E-state index contributed by atoms with van der Waals surface area (Å²) in [6.07, 6.45) is 1.70. The SMILES string of the molecule is CCCCCC(=O)N[C@H](Oc1ccccc1C(N)=O)C(Cl)(Cl)Cl. The number of carbonyl (C=O) groups excluding carboxylic acids is 2. The molecular formula is C15H19Cl3N2O3. The number of amides is 2. The van der Waals surface area contributed by atoms with Crippen molar-refractivity contribution in [1.82, 2.24) is 5.32 Å². The zero-order valence-corrected chi connectivity index (χ0v) is 14.9. The van der Waals surface area contributed by atoms with E-state index in [2.05, 4.69) is 5.32 Å². The number of hydrogen-bond acceptors (Lipinski definition) is 3. The van der Waals surface area contributed by atoms with Gasteiger partial charge in [-0.1, -0.05) is 66.7 Å². The van der Waals surface area contributed by atoms with Crippen LogP contribution in [0.4, 0.5) is 0 Å². The minimum Gasteiger partial charge on any atom is -0.465 e. The van der Waals surface area contributed by atoms with Crippen LogP contribution in [0.15, 0.2) is 24.3 Å². The molecule has 0 heterocycles. The third kappa shape index (κ3) is 6.85. The summed E-state index contributed by atoms with van der Waals surface area (Å²) in [6.45, 7) is 2.03. The second-order valence-corrected chi connectivity index (χ2v) is 7.29. The standard InChI is InChI=1S/C15H19Cl3N2O3/c1-2-3-4-9-12(21)20-14(15(16,17)18)23-11-8-6-5-7-10(11)13(19)22/h5-8,14H,2-4,9H2,1H3,(H2,19,22)(H,20,21)/t14-/m1/s1. The molecule has 0 aromatic heterocycles. The fraction of sp³-hybridized carbons (Fsp3) is 0.467. The van der Waals surface area contributed by atoms with Crippen molar-refractivity contribution in [3.8, 4) is 5.75 Å². The van der Waals surface area contributed by atoms with Gasteiger partial charge in [0.2, 0.25) is 15.9 Å². The molecule has 3 N–H and O–H groups in total. The summed E-state index contributed by atoms with van der Waals surface area (Å²) >= 11 is 17.6. The molecule has 0 aliphatic heterocycles. The summed E-state index contributed by atoms with van der Waals surface area (Å²) in [5, 5.41) is 2.52. The number of nitrogens with two attached hydrogens (primary N) is 1. The number of carbonyl (C=O) groups is 2. The predicted octanol–water partition coefficient (Wildman–Crippen LogP) is 3.56. The molecule has 0 saturated carbocycles. The van der Waals surface area contributed by atoms with Crippen molar-refractivity contribution >= 4 is 46.6 Å². The zero-order chi connectivity index (χ0) is 17.5. The van der Waals surface area contributed by atoms with E-state index in [0.29, 0.717) is 6.42 Å². The maximum Gasteiger partial charge on any atom is 0.252 e. The molecule has 1 atom stereocenters. The Kier molecular flexibility index (Phi) is 7.95. The fourth-order valence-electron chi connectivity index (χ4n) is 1.83. The van der Waals surface area contributed by atoms with Gasteiger partial charge in [0.25, 0.3) is 5.91 Å². The molecule has 0 aliphatic carbocycles. The van der Waals surface area contributed by atoms with E-state index in [9.17, 15) is 9.59 Å². The average Bonchev–Trinajstić information content (AvgIpc) is 2.46. The molecule has 1 aromatic carbocycles. The molecular weight excluding hydrogens is 363 g/mol. The molecule has 0 aliphatic rings. The summed E-state index contributed by atoms with van der Waals surface area (Å²) in [6, 6.07) is 6.25. The van der Waals surface area contributed by atoms with Crippen LogP contribution in [0, 0.1) is 0 Å². The van der Waals surface area contributed by atoms with Gasteiger partial charge in [0.1, 0.15) is 5.75 Å². The number of alkyl halides is 3. The number of rotatable bonds is 8. The highest BCUT2D eigenvalue weighted by atomic mass is 35.6. The molecule has 1 aromatic rings. The van der Waals surface area contributed by atoms with Crippen molar-refractivity contribution in [2.24, 2.45) is 5.73 Å². The summed E-state index contributed by atoms with van der Waals surface area (Å²) in [7, 11) is 0. The van der Waals surface area contributed by atoms with Gasteiger partial charge >= 0.3 is 0 Å². The van der Waals surface area contributed by atoms with E-state index in [4.69, 9.17) is 45.3 Å². The van der Waals surface area contributed by atoms with E-state index in [0.717, 1.165) is 19.3 Å². The van der Waals surface area contributed by atoms with Gasteiger partial charge in [0.05, 0.1) is 5.56 Å². The normalized spacial score (nSPS) is 12.5. The number of nitrogens with one attached hydrogen (secondary N) is 1. The number of benzene rings is 1. The molecule has 2 amide bonds. The highest BCUT2D eigenvalue weighted by Crippen LogP contribution is 2.33. The number of unbranched alkanes of at least 4 members (excludes halogenated alkanes) is 2. The second kappa shape index (κ2) is 9.21. The lowest BCUT2D eigenvalue weighted by molar-refractivity contribution is -0.123. The van der Waals surface area contributed by atoms with E-state index >= 15 is 0 Å². The van der Waals surface area contributed by atoms with E-state index in [1.54, 1.807) is 12.1 Å². The maximum absolute atomic E-state index is 11.9. The van der Waals surface area contributed by atoms with Gasteiger partial charge in [-0.25, -0.2) is 0 Å². The summed E-state index contributed by atoms with van der Waals surface area (Å²) < 4.78 is 3.61. The van der Waals surface area contributed by atoms with Crippen LogP contribution in [0.2, 0.25) is 0 Å². The lowest BCUT2D eigenvalue weighted by atomic mass is 10.2. The summed E-state index contributed by atoms with van der Waals surface area (Å²) in [5.74, 6) is -0.852. The van der Waals surface area contributed by atoms with E-state index in [1.807, 2.05) is 6.92 Å². The Balaban J connectivity index is 2.84. The lowest BCUT2D eigenvalue weighted by Crippen LogP contribution is -2.48. The van der Waals surface area contributed by atoms with Crippen LogP contribution >= 0.6 is 34.8 Å². The maximum atomic E-state index is 11.9. The van der Waals surface area contributed by atoms with E-state index in [-0.39, 0.29) is 17.2 Å². The highest BCUT2D eigenvalue weighted by Gasteiger charge is 2.36. The first-order valence-corrected chi connectivity index (χ1v) is 8.30. The minimum absolute atomic E-state index is 0.130. The monoisotopic (exact) mass is 380 g/mol. The highest BCUT2D eigenvalue weighted by molar-refractivity contribution is 6.68. The van der Waals surface area contributed by atoms with Crippen molar-refractivity contribution in [1.29, 1.82) is 0 Å². The smallest absolute Gasteiger partial charge is 0.252 e. The zero-order valence-electron chi connectivity index (χ0n) is 12.7. The molecule has 5 nitrogen and oxygen atoms in total.